The van der Waals surface area contributed by atoms with Crippen LogP contribution in [0.5, 0.6) is 0 Å². The lowest BCUT2D eigenvalue weighted by atomic mass is 9.76. The molecule has 188 valence electrons. The van der Waals surface area contributed by atoms with Crippen LogP contribution in [-0.2, 0) is 10.8 Å². The number of aliphatic hydroxyl groups excluding tert-OH is 1. The normalized spacial score (nSPS) is 24.8. The third-order valence-corrected chi connectivity index (χ3v) is 9.63. The minimum absolute atomic E-state index is 0.0326. The molecule has 0 radical (unpaired) electrons. The molecule has 3 heterocycles. The number of fused-ring (bicyclic) bond motifs is 1. The second-order valence-electron chi connectivity index (χ2n) is 9.30. The molecule has 13 heteroatoms. The van der Waals surface area contributed by atoms with Crippen LogP contribution in [0.3, 0.4) is 0 Å². The molecule has 2 fully saturated rings. The van der Waals surface area contributed by atoms with E-state index in [9.17, 15) is 28.7 Å². The minimum Gasteiger partial charge on any atom is -0.394 e. The van der Waals surface area contributed by atoms with Crippen LogP contribution in [0.25, 0.3) is 0 Å². The molecule has 1 aromatic heterocycles. The van der Waals surface area contributed by atoms with Crippen LogP contribution in [-0.4, -0.2) is 50.4 Å². The number of hydrogen-bond donors (Lipinski definition) is 1. The Kier molecular flexibility index (Phi) is 5.07. The van der Waals surface area contributed by atoms with Gasteiger partial charge < -0.3 is 14.9 Å². The first kappa shape index (κ1) is 23.7. The molecular weight excluding hydrogens is 499 g/mol. The lowest BCUT2D eigenvalue weighted by molar-refractivity contribution is 0.119. The summed E-state index contributed by atoms with van der Waals surface area (Å²) in [5, 5.41) is 9.96. The van der Waals surface area contributed by atoms with Crippen LogP contribution in [0.1, 0.15) is 43.6 Å². The van der Waals surface area contributed by atoms with Gasteiger partial charge in [-0.15, -0.1) is 0 Å². The molecule has 1 N–H and O–H groups in total. The number of nitrogens with zero attached hydrogens (tertiary/aromatic N) is 4. The third-order valence-electron chi connectivity index (χ3n) is 7.20. The highest BCUT2D eigenvalue weighted by Gasteiger charge is 2.65. The van der Waals surface area contributed by atoms with Gasteiger partial charge >= 0.3 is 10.2 Å². The lowest BCUT2D eigenvalue weighted by Gasteiger charge is -2.47. The van der Waals surface area contributed by atoms with Crippen LogP contribution < -0.4 is 9.80 Å². The van der Waals surface area contributed by atoms with E-state index in [1.165, 1.54) is 0 Å². The van der Waals surface area contributed by atoms with Crippen LogP contribution >= 0.6 is 10.2 Å². The monoisotopic (exact) mass is 524 g/mol. The van der Waals surface area contributed by atoms with Gasteiger partial charge in [-0.25, -0.2) is 4.98 Å². The van der Waals surface area contributed by atoms with E-state index in [2.05, 4.69) is 9.97 Å². The zero-order valence-electron chi connectivity index (χ0n) is 18.2. The molecule has 1 saturated carbocycles. The van der Waals surface area contributed by atoms with E-state index in [4.69, 9.17) is 0 Å². The summed E-state index contributed by atoms with van der Waals surface area (Å²) in [6.07, 6.45) is 5.40. The van der Waals surface area contributed by atoms with Crippen LogP contribution in [0, 0.1) is 0 Å². The van der Waals surface area contributed by atoms with E-state index < -0.39 is 31.5 Å². The number of piperidine rings is 1. The molecule has 0 spiro atoms. The van der Waals surface area contributed by atoms with Gasteiger partial charge in [0.05, 0.1) is 29.1 Å². The topological polar surface area (TPSA) is 69.6 Å². The number of hydrogen-bond acceptors (Lipinski definition) is 6. The van der Waals surface area contributed by atoms with Crippen molar-refractivity contribution in [1.82, 2.24) is 9.97 Å². The summed E-state index contributed by atoms with van der Waals surface area (Å²) in [6, 6.07) is 3.22. The van der Waals surface area contributed by atoms with Crippen molar-refractivity contribution in [1.29, 1.82) is 0 Å². The van der Waals surface area contributed by atoms with Crippen LogP contribution in [0.4, 0.5) is 31.2 Å². The largest absolute Gasteiger partial charge is 0.394 e. The predicted octanol–water partition coefficient (Wildman–Crippen LogP) is 5.32. The van der Waals surface area contributed by atoms with E-state index in [0.717, 1.165) is 31.4 Å². The summed E-state index contributed by atoms with van der Waals surface area (Å²) in [6.45, 7) is 1.05. The fourth-order valence-electron chi connectivity index (χ4n) is 4.98. The highest BCUT2D eigenvalue weighted by atomic mass is 32.5. The Morgan fingerprint density at radius 1 is 1.09 bits per heavy atom. The summed E-state index contributed by atoms with van der Waals surface area (Å²) in [5.74, 6) is 1.29. The van der Waals surface area contributed by atoms with E-state index in [1.807, 2.05) is 9.80 Å². The fourth-order valence-corrected chi connectivity index (χ4v) is 6.93. The third kappa shape index (κ3) is 4.15. The molecular formula is C21H25F5N4O2S2. The van der Waals surface area contributed by atoms with Crippen molar-refractivity contribution in [3.8, 4) is 0 Å². The molecule has 1 saturated heterocycles. The standard InChI is InChI=1S/C21H25F5N4O2S2/c22-34(23,24,25,26)17-4-2-15(3-5-17)16-6-10-29(11-7-16)20-27-12-18-19(28-20)30(14-33(18)32)21(13-31)8-1-9-21/h2-5,12,16,31H,1,6-11,13-14H2. The second kappa shape index (κ2) is 7.26. The number of halogens is 5. The van der Waals surface area contributed by atoms with Crippen molar-refractivity contribution in [2.75, 3.05) is 35.4 Å². The first-order valence-electron chi connectivity index (χ1n) is 11.0. The van der Waals surface area contributed by atoms with Crippen molar-refractivity contribution in [3.63, 3.8) is 0 Å². The van der Waals surface area contributed by atoms with E-state index in [-0.39, 0.29) is 18.4 Å². The summed E-state index contributed by atoms with van der Waals surface area (Å²) >= 11 is 0. The number of aliphatic hydroxyl groups is 1. The first-order chi connectivity index (χ1) is 15.8. The molecule has 0 bridgehead atoms. The van der Waals surface area contributed by atoms with Gasteiger partial charge in [-0.3, -0.25) is 4.21 Å². The Morgan fingerprint density at radius 2 is 1.74 bits per heavy atom. The van der Waals surface area contributed by atoms with Gasteiger partial charge in [0.25, 0.3) is 0 Å². The van der Waals surface area contributed by atoms with Crippen molar-refractivity contribution < 1.29 is 28.7 Å². The van der Waals surface area contributed by atoms with Gasteiger partial charge in [0, 0.05) is 13.1 Å². The van der Waals surface area contributed by atoms with Crippen molar-refractivity contribution in [2.24, 2.45) is 0 Å². The summed E-state index contributed by atoms with van der Waals surface area (Å²) in [5.41, 5.74) is 0.164. The average Bonchev–Trinajstić information content (AvgIpc) is 3.08. The molecule has 1 aliphatic carbocycles. The van der Waals surface area contributed by atoms with E-state index >= 15 is 0 Å². The average molecular weight is 525 g/mol. The molecule has 6 nitrogen and oxygen atoms in total. The SMILES string of the molecule is O=S1CN(C2(CO)CCC2)c2nc(N3CCC(c4ccc(S(F)(F)(F)(F)F)cc4)CC3)ncc21. The number of benzene rings is 1. The number of aromatic nitrogens is 2. The first-order valence-corrected chi connectivity index (χ1v) is 14.3. The van der Waals surface area contributed by atoms with Gasteiger partial charge in [0.2, 0.25) is 5.95 Å². The minimum atomic E-state index is -9.67. The van der Waals surface area contributed by atoms with Gasteiger partial charge in [-0.2, -0.15) is 4.98 Å². The maximum Gasteiger partial charge on any atom is 0.310 e. The highest BCUT2D eigenvalue weighted by Crippen LogP contribution is 3.02. The highest BCUT2D eigenvalue weighted by molar-refractivity contribution is 8.45. The Bertz CT molecular complexity index is 1130. The Balaban J connectivity index is 1.30. The van der Waals surface area contributed by atoms with Crippen molar-refractivity contribution >= 4 is 32.8 Å². The summed E-state index contributed by atoms with van der Waals surface area (Å²) < 4.78 is 77.4. The zero-order valence-corrected chi connectivity index (χ0v) is 19.8. The molecule has 2 aromatic rings. The van der Waals surface area contributed by atoms with Crippen molar-refractivity contribution in [3.05, 3.63) is 36.0 Å². The molecule has 1 atom stereocenters. The Morgan fingerprint density at radius 3 is 2.26 bits per heavy atom. The lowest BCUT2D eigenvalue weighted by Crippen LogP contribution is -2.56. The van der Waals surface area contributed by atoms with E-state index in [1.54, 1.807) is 6.20 Å². The van der Waals surface area contributed by atoms with Gasteiger partial charge in [0.1, 0.15) is 15.7 Å². The van der Waals surface area contributed by atoms with Crippen molar-refractivity contribution in [2.45, 2.75) is 53.4 Å². The van der Waals surface area contributed by atoms with Crippen LogP contribution in [0.15, 0.2) is 40.3 Å². The van der Waals surface area contributed by atoms with Gasteiger partial charge in [0.15, 0.2) is 5.82 Å². The molecule has 0 amide bonds. The van der Waals surface area contributed by atoms with E-state index in [0.29, 0.717) is 60.3 Å². The molecule has 34 heavy (non-hydrogen) atoms. The van der Waals surface area contributed by atoms with Gasteiger partial charge in [-0.05, 0) is 55.7 Å². The second-order valence-corrected chi connectivity index (χ2v) is 13.1. The Hall–Kier alpha value is -1.99. The molecule has 1 unspecified atom stereocenters. The summed E-state index contributed by atoms with van der Waals surface area (Å²) in [4.78, 5) is 11.7. The summed E-state index contributed by atoms with van der Waals surface area (Å²) in [7, 11) is -10.9. The smallest absolute Gasteiger partial charge is 0.310 e. The molecule has 2 aliphatic heterocycles. The van der Waals surface area contributed by atoms with Gasteiger partial charge in [-0.1, -0.05) is 31.6 Å². The molecule has 1 aromatic carbocycles. The molecule has 5 rings (SSSR count). The predicted molar refractivity (Wildman–Crippen MR) is 121 cm³/mol. The quantitative estimate of drug-likeness (QED) is 0.534. The number of anilines is 2. The maximum absolute atomic E-state index is 13.0. The zero-order chi connectivity index (χ0) is 24.4. The maximum atomic E-state index is 13.0. The number of rotatable bonds is 5. The van der Waals surface area contributed by atoms with Crippen LogP contribution in [0.2, 0.25) is 0 Å². The Labute approximate surface area is 196 Å². The fraction of sp³-hybridized carbons (Fsp3) is 0.524. The molecule has 3 aliphatic rings.